The zero-order valence-electron chi connectivity index (χ0n) is 11.4. The lowest BCUT2D eigenvalue weighted by Gasteiger charge is -2.11. The molecule has 2 amide bonds. The highest BCUT2D eigenvalue weighted by atomic mass is 32.2. The lowest BCUT2D eigenvalue weighted by Crippen LogP contribution is -2.44. The smallest absolute Gasteiger partial charge is 0.251 e. The number of thioether (sulfide) groups is 1. The Labute approximate surface area is 122 Å². The molecule has 1 aromatic rings. The third-order valence-electron chi connectivity index (χ3n) is 3.06. The fraction of sp³-hybridized carbons (Fsp3) is 0.429. The molecule has 0 aliphatic carbocycles. The van der Waals surface area contributed by atoms with E-state index < -0.39 is 0 Å². The van der Waals surface area contributed by atoms with Crippen LogP contribution in [0.5, 0.6) is 0 Å². The van der Waals surface area contributed by atoms with Crippen molar-refractivity contribution in [2.75, 3.05) is 24.7 Å². The van der Waals surface area contributed by atoms with Crippen LogP contribution in [-0.2, 0) is 4.79 Å². The molecule has 0 spiro atoms. The highest BCUT2D eigenvalue weighted by molar-refractivity contribution is 7.99. The lowest BCUT2D eigenvalue weighted by atomic mass is 10.1. The van der Waals surface area contributed by atoms with Crippen LogP contribution in [0.25, 0.3) is 0 Å². The van der Waals surface area contributed by atoms with Crippen LogP contribution >= 0.6 is 11.8 Å². The van der Waals surface area contributed by atoms with Crippen LogP contribution in [0, 0.1) is 6.92 Å². The molecule has 3 N–H and O–H groups in total. The molecule has 1 unspecified atom stereocenters. The summed E-state index contributed by atoms with van der Waals surface area (Å²) < 4.78 is 0. The minimum absolute atomic E-state index is 0.000384. The molecule has 1 fully saturated rings. The lowest BCUT2D eigenvalue weighted by molar-refractivity contribution is -0.122. The van der Waals surface area contributed by atoms with Crippen molar-refractivity contribution in [1.82, 2.24) is 16.0 Å². The molecule has 0 radical (unpaired) electrons. The first-order chi connectivity index (χ1) is 9.66. The first kappa shape index (κ1) is 14.9. The summed E-state index contributed by atoms with van der Waals surface area (Å²) in [6, 6.07) is 7.29. The quantitative estimate of drug-likeness (QED) is 0.692. The Morgan fingerprint density at radius 1 is 1.25 bits per heavy atom. The van der Waals surface area contributed by atoms with Gasteiger partial charge in [0.15, 0.2) is 0 Å². The topological polar surface area (TPSA) is 70.2 Å². The second-order valence-electron chi connectivity index (χ2n) is 4.68. The first-order valence-corrected chi connectivity index (χ1v) is 7.76. The Hall–Kier alpha value is -1.53. The van der Waals surface area contributed by atoms with E-state index in [0.29, 0.717) is 18.7 Å². The van der Waals surface area contributed by atoms with Crippen LogP contribution in [0.2, 0.25) is 0 Å². The van der Waals surface area contributed by atoms with Crippen LogP contribution < -0.4 is 16.0 Å². The third kappa shape index (κ3) is 4.25. The maximum atomic E-state index is 11.8. The minimum atomic E-state index is -0.117. The van der Waals surface area contributed by atoms with Crippen molar-refractivity contribution in [2.45, 2.75) is 13.0 Å². The number of carbonyl (C=O) groups excluding carboxylic acids is 2. The van der Waals surface area contributed by atoms with E-state index in [1.165, 1.54) is 0 Å². The maximum absolute atomic E-state index is 11.8. The van der Waals surface area contributed by atoms with Crippen molar-refractivity contribution < 1.29 is 9.59 Å². The summed E-state index contributed by atoms with van der Waals surface area (Å²) in [7, 11) is 0. The van der Waals surface area contributed by atoms with Gasteiger partial charge >= 0.3 is 0 Å². The average Bonchev–Trinajstić information content (AvgIpc) is 2.98. The van der Waals surface area contributed by atoms with Crippen molar-refractivity contribution >= 4 is 23.6 Å². The van der Waals surface area contributed by atoms with Gasteiger partial charge in [0.2, 0.25) is 5.91 Å². The van der Waals surface area contributed by atoms with Crippen LogP contribution in [0.4, 0.5) is 0 Å². The maximum Gasteiger partial charge on any atom is 0.251 e. The normalized spacial score (nSPS) is 17.8. The van der Waals surface area contributed by atoms with E-state index in [1.54, 1.807) is 23.9 Å². The number of aryl methyl sites for hydroxylation is 1. The summed E-state index contributed by atoms with van der Waals surface area (Å²) in [4.78, 5) is 23.5. The number of nitrogens with one attached hydrogen (secondary N) is 3. The standard InChI is InChI=1S/C14H19N3O2S/c1-10-2-4-11(5-3-10)13(18)15-6-7-16-14(19)12-8-20-9-17-12/h2-5,12,17H,6-9H2,1H3,(H,15,18)(H,16,19). The molecule has 6 heteroatoms. The van der Waals surface area contributed by atoms with E-state index in [-0.39, 0.29) is 17.9 Å². The fourth-order valence-electron chi connectivity index (χ4n) is 1.86. The van der Waals surface area contributed by atoms with Gasteiger partial charge in [-0.1, -0.05) is 17.7 Å². The first-order valence-electron chi connectivity index (χ1n) is 6.60. The summed E-state index contributed by atoms with van der Waals surface area (Å²) in [6.07, 6.45) is 0. The third-order valence-corrected chi connectivity index (χ3v) is 4.00. The van der Waals surface area contributed by atoms with Crippen molar-refractivity contribution in [1.29, 1.82) is 0 Å². The van der Waals surface area contributed by atoms with Gasteiger partial charge in [-0.05, 0) is 19.1 Å². The monoisotopic (exact) mass is 293 g/mol. The van der Waals surface area contributed by atoms with Gasteiger partial charge in [-0.25, -0.2) is 0 Å². The molecule has 1 aliphatic heterocycles. The number of rotatable bonds is 5. The predicted octanol–water partition coefficient (Wildman–Crippen LogP) is 0.504. The Morgan fingerprint density at radius 3 is 2.60 bits per heavy atom. The second-order valence-corrected chi connectivity index (χ2v) is 5.72. The van der Waals surface area contributed by atoms with Crippen LogP contribution in [-0.4, -0.2) is 42.6 Å². The Bertz CT molecular complexity index is 470. The predicted molar refractivity (Wildman–Crippen MR) is 80.8 cm³/mol. The highest BCUT2D eigenvalue weighted by Gasteiger charge is 2.21. The zero-order valence-corrected chi connectivity index (χ0v) is 12.3. The van der Waals surface area contributed by atoms with Gasteiger partial charge in [0, 0.05) is 30.3 Å². The van der Waals surface area contributed by atoms with Gasteiger partial charge in [0.1, 0.15) is 0 Å². The number of benzene rings is 1. The molecule has 1 aromatic carbocycles. The van der Waals surface area contributed by atoms with Crippen LogP contribution in [0.1, 0.15) is 15.9 Å². The molecule has 2 rings (SSSR count). The Morgan fingerprint density at radius 2 is 1.95 bits per heavy atom. The number of carbonyl (C=O) groups is 2. The molecule has 1 heterocycles. The molecule has 1 atom stereocenters. The second kappa shape index (κ2) is 7.31. The largest absolute Gasteiger partial charge is 0.353 e. The molecule has 1 aliphatic rings. The number of hydrogen-bond donors (Lipinski definition) is 3. The van der Waals surface area contributed by atoms with E-state index in [0.717, 1.165) is 17.2 Å². The summed E-state index contributed by atoms with van der Waals surface area (Å²) in [5.41, 5.74) is 1.76. The summed E-state index contributed by atoms with van der Waals surface area (Å²) in [5, 5.41) is 8.70. The van der Waals surface area contributed by atoms with E-state index in [9.17, 15) is 9.59 Å². The fourth-order valence-corrected chi connectivity index (χ4v) is 2.80. The van der Waals surface area contributed by atoms with Gasteiger partial charge < -0.3 is 10.6 Å². The van der Waals surface area contributed by atoms with Crippen molar-refractivity contribution in [3.8, 4) is 0 Å². The average molecular weight is 293 g/mol. The summed E-state index contributed by atoms with van der Waals surface area (Å²) in [5.74, 6) is 1.51. The molecule has 0 aromatic heterocycles. The van der Waals surface area contributed by atoms with Crippen LogP contribution in [0.3, 0.4) is 0 Å². The molecule has 108 valence electrons. The minimum Gasteiger partial charge on any atom is -0.353 e. The summed E-state index contributed by atoms with van der Waals surface area (Å²) >= 11 is 1.71. The van der Waals surface area contributed by atoms with Gasteiger partial charge in [0.05, 0.1) is 6.04 Å². The number of hydrogen-bond acceptors (Lipinski definition) is 4. The molecule has 5 nitrogen and oxygen atoms in total. The van der Waals surface area contributed by atoms with E-state index in [4.69, 9.17) is 0 Å². The summed E-state index contributed by atoms with van der Waals surface area (Å²) in [6.45, 7) is 2.85. The van der Waals surface area contributed by atoms with E-state index in [1.807, 2.05) is 19.1 Å². The number of amides is 2. The van der Waals surface area contributed by atoms with Crippen molar-refractivity contribution in [2.24, 2.45) is 0 Å². The van der Waals surface area contributed by atoms with E-state index in [2.05, 4.69) is 16.0 Å². The SMILES string of the molecule is Cc1ccc(C(=O)NCCNC(=O)C2CSCN2)cc1. The van der Waals surface area contributed by atoms with Gasteiger partial charge in [-0.3, -0.25) is 14.9 Å². The Kier molecular flexibility index (Phi) is 5.43. The molecular weight excluding hydrogens is 274 g/mol. The molecule has 0 saturated carbocycles. The van der Waals surface area contributed by atoms with Crippen molar-refractivity contribution in [3.63, 3.8) is 0 Å². The zero-order chi connectivity index (χ0) is 14.4. The van der Waals surface area contributed by atoms with Crippen LogP contribution in [0.15, 0.2) is 24.3 Å². The van der Waals surface area contributed by atoms with Gasteiger partial charge in [-0.2, -0.15) is 0 Å². The van der Waals surface area contributed by atoms with Gasteiger partial charge in [0.25, 0.3) is 5.91 Å². The molecule has 0 bridgehead atoms. The van der Waals surface area contributed by atoms with Crippen molar-refractivity contribution in [3.05, 3.63) is 35.4 Å². The molecule has 1 saturated heterocycles. The van der Waals surface area contributed by atoms with Gasteiger partial charge in [-0.15, -0.1) is 11.8 Å². The Balaban J connectivity index is 1.66. The molecule has 20 heavy (non-hydrogen) atoms. The highest BCUT2D eigenvalue weighted by Crippen LogP contribution is 2.08. The van der Waals surface area contributed by atoms with E-state index >= 15 is 0 Å². The molecular formula is C14H19N3O2S.